The van der Waals surface area contributed by atoms with Crippen LogP contribution in [0.15, 0.2) is 12.2 Å². The number of allylic oxidation sites excluding steroid dienone is 2. The van der Waals surface area contributed by atoms with E-state index in [1.807, 2.05) is 12.9 Å². The Morgan fingerprint density at radius 3 is 1.60 bits per heavy atom. The third kappa shape index (κ3) is 6.59. The maximum atomic E-state index is 12.6. The van der Waals surface area contributed by atoms with E-state index in [0.29, 0.717) is 13.1 Å². The summed E-state index contributed by atoms with van der Waals surface area (Å²) in [5.74, 6) is 0.0240. The highest BCUT2D eigenvalue weighted by Gasteiger charge is 2.31. The van der Waals surface area contributed by atoms with Crippen molar-refractivity contribution in [3.05, 3.63) is 78.9 Å². The Hall–Kier alpha value is -3.51. The molecule has 0 radical (unpaired) electrons. The number of carbonyl (C=O) groups excluding carboxylic acids is 3. The van der Waals surface area contributed by atoms with Crippen molar-refractivity contribution < 1.29 is 19.5 Å². The minimum Gasteiger partial charge on any atom is -0.376 e. The standard InChI is InChI=1S/C18H25NO2.C17H23NO.CH2O/c1-6-7-8-15-17-14(5)12(3)11(2)13(4)16(17)9-19(10-20)18(15)21;1-6-7-8-14-16-13(5)11(3)10(2)12(4)15(16)9-18-17(14)19;1-2/h8,20H,6-7,9-10H2,1-5H3;8H,6-7,9H2,1-5H3,(H,18,19);1H2/b15-8-;14-8-;. The van der Waals surface area contributed by atoms with Gasteiger partial charge in [-0.15, -0.1) is 0 Å². The molecule has 228 valence electrons. The molecule has 2 heterocycles. The number of nitrogens with one attached hydrogen (secondary N) is 1. The summed E-state index contributed by atoms with van der Waals surface area (Å²) in [5.41, 5.74) is 16.6. The van der Waals surface area contributed by atoms with E-state index in [-0.39, 0.29) is 18.5 Å². The lowest BCUT2D eigenvalue weighted by molar-refractivity contribution is -0.129. The van der Waals surface area contributed by atoms with Crippen molar-refractivity contribution in [2.24, 2.45) is 0 Å². The number of hydrogen-bond donors (Lipinski definition) is 2. The van der Waals surface area contributed by atoms with Gasteiger partial charge in [0.1, 0.15) is 13.5 Å². The van der Waals surface area contributed by atoms with E-state index in [2.05, 4.69) is 80.6 Å². The Morgan fingerprint density at radius 1 is 0.690 bits per heavy atom. The van der Waals surface area contributed by atoms with E-state index in [1.165, 1.54) is 66.1 Å². The fraction of sp³-hybridized carbons (Fsp3) is 0.472. The number of nitrogens with zero attached hydrogens (tertiary/aromatic N) is 1. The number of rotatable bonds is 5. The van der Waals surface area contributed by atoms with Gasteiger partial charge >= 0.3 is 0 Å². The Labute approximate surface area is 252 Å². The second-order valence-electron chi connectivity index (χ2n) is 11.3. The minimum absolute atomic E-state index is 0.0517. The maximum absolute atomic E-state index is 12.6. The lowest BCUT2D eigenvalue weighted by Gasteiger charge is -2.33. The highest BCUT2D eigenvalue weighted by Crippen LogP contribution is 2.37. The van der Waals surface area contributed by atoms with Gasteiger partial charge in [0.15, 0.2) is 0 Å². The van der Waals surface area contributed by atoms with Crippen LogP contribution in [-0.2, 0) is 27.5 Å². The molecule has 0 spiro atoms. The Kier molecular flexibility index (Phi) is 12.5. The van der Waals surface area contributed by atoms with Crippen LogP contribution in [-0.4, -0.2) is 35.3 Å². The molecule has 0 fully saturated rings. The highest BCUT2D eigenvalue weighted by atomic mass is 16.3. The van der Waals surface area contributed by atoms with Crippen LogP contribution in [0.2, 0.25) is 0 Å². The van der Waals surface area contributed by atoms with Crippen molar-refractivity contribution in [1.82, 2.24) is 10.2 Å². The Balaban J connectivity index is 0.000000278. The lowest BCUT2D eigenvalue weighted by Crippen LogP contribution is -2.37. The number of fused-ring (bicyclic) bond motifs is 2. The van der Waals surface area contributed by atoms with Gasteiger partial charge in [0, 0.05) is 24.2 Å². The first-order valence-corrected chi connectivity index (χ1v) is 15.0. The summed E-state index contributed by atoms with van der Waals surface area (Å²) in [6.07, 6.45) is 8.03. The van der Waals surface area contributed by atoms with Gasteiger partial charge in [-0.05, 0) is 135 Å². The van der Waals surface area contributed by atoms with Crippen molar-refractivity contribution in [1.29, 1.82) is 0 Å². The predicted molar refractivity (Wildman–Crippen MR) is 173 cm³/mol. The molecule has 2 aromatic rings. The molecule has 0 saturated carbocycles. The van der Waals surface area contributed by atoms with Crippen LogP contribution in [0.5, 0.6) is 0 Å². The van der Waals surface area contributed by atoms with Crippen molar-refractivity contribution in [2.75, 3.05) is 6.73 Å². The Morgan fingerprint density at radius 2 is 1.12 bits per heavy atom. The summed E-state index contributed by atoms with van der Waals surface area (Å²) in [7, 11) is 0. The van der Waals surface area contributed by atoms with Gasteiger partial charge in [0.25, 0.3) is 11.8 Å². The fourth-order valence-corrected chi connectivity index (χ4v) is 5.92. The quantitative estimate of drug-likeness (QED) is 0.379. The van der Waals surface area contributed by atoms with Crippen LogP contribution >= 0.6 is 0 Å². The normalized spacial score (nSPS) is 15.8. The highest BCUT2D eigenvalue weighted by molar-refractivity contribution is 6.22. The summed E-state index contributed by atoms with van der Waals surface area (Å²) < 4.78 is 0. The van der Waals surface area contributed by atoms with Gasteiger partial charge in [-0.3, -0.25) is 9.59 Å². The van der Waals surface area contributed by atoms with Gasteiger partial charge < -0.3 is 20.1 Å². The lowest BCUT2D eigenvalue weighted by atomic mass is 9.82. The van der Waals surface area contributed by atoms with Crippen LogP contribution in [0.4, 0.5) is 0 Å². The van der Waals surface area contributed by atoms with Crippen molar-refractivity contribution >= 4 is 29.7 Å². The second-order valence-corrected chi connectivity index (χ2v) is 11.3. The number of benzene rings is 2. The topological polar surface area (TPSA) is 86.7 Å². The zero-order valence-electron chi connectivity index (χ0n) is 27.4. The molecule has 2 N–H and O–H groups in total. The molecule has 0 atom stereocenters. The zero-order valence-corrected chi connectivity index (χ0v) is 27.4. The third-order valence-corrected chi connectivity index (χ3v) is 9.15. The van der Waals surface area contributed by atoms with Gasteiger partial charge in [-0.2, -0.15) is 0 Å². The van der Waals surface area contributed by atoms with Gasteiger partial charge in [0.05, 0.1) is 0 Å². The molecule has 2 aliphatic rings. The van der Waals surface area contributed by atoms with Crippen LogP contribution < -0.4 is 5.32 Å². The molecule has 0 aromatic heterocycles. The number of hydrogen-bond acceptors (Lipinski definition) is 4. The number of amides is 2. The molecule has 42 heavy (non-hydrogen) atoms. The summed E-state index contributed by atoms with van der Waals surface area (Å²) in [6, 6.07) is 0. The molecular weight excluding hydrogens is 524 g/mol. The molecule has 0 bridgehead atoms. The van der Waals surface area contributed by atoms with Gasteiger partial charge in [0.2, 0.25) is 0 Å². The molecule has 0 aliphatic carbocycles. The average molecular weight is 575 g/mol. The van der Waals surface area contributed by atoms with Crippen LogP contribution in [0.3, 0.4) is 0 Å². The minimum atomic E-state index is -0.229. The molecule has 6 heteroatoms. The van der Waals surface area contributed by atoms with Crippen molar-refractivity contribution in [2.45, 2.75) is 108 Å². The molecule has 4 rings (SSSR count). The summed E-state index contributed by atoms with van der Waals surface area (Å²) >= 11 is 0. The first-order chi connectivity index (χ1) is 19.9. The van der Waals surface area contributed by atoms with E-state index >= 15 is 0 Å². The van der Waals surface area contributed by atoms with Crippen LogP contribution in [0, 0.1) is 55.4 Å². The van der Waals surface area contributed by atoms with E-state index in [9.17, 15) is 14.7 Å². The molecule has 0 unspecified atom stereocenters. The number of unbranched alkanes of at least 4 members (excludes halogenated alkanes) is 2. The second kappa shape index (κ2) is 15.1. The Bertz CT molecular complexity index is 1410. The van der Waals surface area contributed by atoms with Gasteiger partial charge in [-0.1, -0.05) is 38.8 Å². The van der Waals surface area contributed by atoms with Crippen molar-refractivity contribution in [3.8, 4) is 0 Å². The molecular formula is C36H50N2O4. The van der Waals surface area contributed by atoms with Crippen molar-refractivity contribution in [3.63, 3.8) is 0 Å². The van der Waals surface area contributed by atoms with E-state index in [0.717, 1.165) is 42.4 Å². The van der Waals surface area contributed by atoms with Gasteiger partial charge in [-0.25, -0.2) is 0 Å². The first-order valence-electron chi connectivity index (χ1n) is 15.0. The SMILES string of the molecule is C=O.CCC/C=C1\C(=O)N(CO)Cc2c(C)c(C)c(C)c(C)c21.CCC/C=C1\C(=O)NCc2c(C)c(C)c(C)c(C)c21. The van der Waals surface area contributed by atoms with E-state index in [1.54, 1.807) is 0 Å². The maximum Gasteiger partial charge on any atom is 0.256 e. The first kappa shape index (κ1) is 34.7. The summed E-state index contributed by atoms with van der Waals surface area (Å²) in [5, 5.41) is 12.5. The van der Waals surface area contributed by atoms with E-state index in [4.69, 9.17) is 4.79 Å². The monoisotopic (exact) mass is 574 g/mol. The molecule has 2 amide bonds. The van der Waals surface area contributed by atoms with Crippen LogP contribution in [0.1, 0.15) is 106 Å². The predicted octanol–water partition coefficient (Wildman–Crippen LogP) is 6.94. The number of aliphatic hydroxyl groups excluding tert-OH is 1. The molecule has 6 nitrogen and oxygen atoms in total. The largest absolute Gasteiger partial charge is 0.376 e. The summed E-state index contributed by atoms with van der Waals surface area (Å²) in [6.45, 7) is 24.3. The van der Waals surface area contributed by atoms with Crippen LogP contribution in [0.25, 0.3) is 11.1 Å². The molecule has 2 aliphatic heterocycles. The average Bonchev–Trinajstić information content (AvgIpc) is 3.00. The third-order valence-electron chi connectivity index (χ3n) is 9.15. The molecule has 0 saturated heterocycles. The molecule has 2 aromatic carbocycles. The summed E-state index contributed by atoms with van der Waals surface area (Å²) in [4.78, 5) is 34.2. The fourth-order valence-electron chi connectivity index (χ4n) is 5.92. The van der Waals surface area contributed by atoms with E-state index < -0.39 is 0 Å². The zero-order chi connectivity index (χ0) is 31.9. The number of aliphatic hydroxyl groups is 1. The smallest absolute Gasteiger partial charge is 0.256 e. The number of carbonyl (C=O) groups is 3.